The number of nitrogens with two attached hydrogens (primary N) is 2. The number of unbranched alkanes of at least 4 members (excludes halogenated alkanes) is 1. The topological polar surface area (TPSA) is 609 Å². The van der Waals surface area contributed by atoms with Gasteiger partial charge in [0.05, 0.1) is 19.8 Å². The van der Waals surface area contributed by atoms with Crippen LogP contribution in [0, 0.1) is 0 Å². The lowest BCUT2D eigenvalue weighted by Crippen LogP contribution is -2.70. The smallest absolute Gasteiger partial charge is 0.325 e. The number of phosphoric ester groups is 2. The summed E-state index contributed by atoms with van der Waals surface area (Å²) in [5, 5.41) is 68.7. The Bertz CT molecular complexity index is 4080. The zero-order chi connectivity index (χ0) is 98.0. The molecule has 0 aromatic rings. The third-order valence-electron chi connectivity index (χ3n) is 22.1. The van der Waals surface area contributed by atoms with E-state index in [1.54, 1.807) is 6.92 Å². The van der Waals surface area contributed by atoms with Crippen molar-refractivity contribution < 1.29 is 120 Å². The van der Waals surface area contributed by atoms with Crippen LogP contribution < -0.4 is 70.8 Å². The number of nitrogens with one attached hydrogen (secondary N) is 7. The normalized spacial score (nSPS) is 22.1. The van der Waals surface area contributed by atoms with Crippen LogP contribution >= 0.6 is 15.6 Å². The Morgan fingerprint density at radius 2 is 0.803 bits per heavy atom. The molecule has 2 rings (SSSR count). The van der Waals surface area contributed by atoms with Crippen molar-refractivity contribution in [2.45, 2.75) is 383 Å². The molecule has 24 N–H and O–H groups in total. The van der Waals surface area contributed by atoms with Crippen molar-refractivity contribution in [1.29, 1.82) is 0 Å². The van der Waals surface area contributed by atoms with Crippen LogP contribution in [0.1, 0.15) is 285 Å². The zero-order valence-corrected chi connectivity index (χ0v) is 83.8. The molecular formula is C94H163N11O25P2. The van der Waals surface area contributed by atoms with Crippen LogP contribution in [0.5, 0.6) is 0 Å². The molecular weight excluding hydrogens is 1750 g/mol. The number of aliphatic hydroxyl groups is 4. The maximum Gasteiger partial charge on any atom is 0.325 e. The number of primary amides is 1. The molecule has 0 radical (unpaired) electrons. The van der Waals surface area contributed by atoms with E-state index in [0.717, 1.165) is 149 Å². The second-order valence-corrected chi connectivity index (χ2v) is 37.6. The molecule has 2 saturated heterocycles. The number of allylic oxidation sites excluding steroid dienone is 21. The number of carbonyl (C=O) groups excluding carboxylic acids is 8. The Labute approximate surface area is 783 Å². The van der Waals surface area contributed by atoms with Crippen LogP contribution in [0.4, 0.5) is 0 Å². The highest BCUT2D eigenvalue weighted by atomic mass is 31.3. The molecule has 2 fully saturated rings. The number of hydrogen-bond acceptors (Lipinski definition) is 25. The molecule has 132 heavy (non-hydrogen) atoms. The molecule has 2 unspecified atom stereocenters. The summed E-state index contributed by atoms with van der Waals surface area (Å²) >= 11 is 0. The largest absolute Gasteiger partial charge is 0.756 e. The molecule has 2 heterocycles. The highest BCUT2D eigenvalue weighted by Crippen LogP contribution is 2.57. The zero-order valence-electron chi connectivity index (χ0n) is 82.0. The standard InChI is InChI=1S/C94H157N9O25P2.2H3N/c1-59(2)31-21-32-60(3)33-22-34-61(4)35-23-36-62(5)37-24-38-63(6)39-25-40-64(7)41-26-42-65(8)43-27-44-66(9)45-28-46-67(10)47-29-48-68(11)49-30-50-69(12)54-56-122-129(118,119)128-130(120,121)127-94-82(101-75(18)107)86(85(79(58-105)125-94)126-93-81(100-74(17)106)84(110)83(109)78(57-104)124-93)123-73(16)90(114)97-71(14)89(113)103-76(87(96)111)52-53-80(108)102-77(51-19-20-55-95)91(115)98-70(13)88(112)99-72(15)92(116)117;;/h31,33,35,37,39,41,43,45,47,49,54,70-73,76-79,81-86,93-94,104-105,109-110H,19-30,32,34,36,38,40,42,44,46,48,50-53,55-58,95H2,1-18H3,(H2,96,111)(H,97,114)(H,98,115)(H,99,112)(H,100,106)(H,101,107)(H,102,108)(H,103,113)(H,116,117)(H,118,119)(H,120,121);2*1H3/b60-33+,61-35+,62-37+,63-39-,64-41-,65-43-,66-45-,67-47-,68-49-,69-54-;;/t70-,71+,72-,73-,76-,77+,78-,79-,81-,82-,83-,84-,85-,86-,93+,94-;;/m1../s1. The van der Waals surface area contributed by atoms with Crippen LogP contribution in [0.2, 0.25) is 0 Å². The van der Waals surface area contributed by atoms with Crippen molar-refractivity contribution in [2.24, 2.45) is 11.5 Å². The van der Waals surface area contributed by atoms with Gasteiger partial charge in [0.2, 0.25) is 47.3 Å². The summed E-state index contributed by atoms with van der Waals surface area (Å²) in [5.74, 6) is -8.98. The summed E-state index contributed by atoms with van der Waals surface area (Å²) in [6.45, 7) is 30.0. The average Bonchev–Trinajstić information content (AvgIpc) is 0.764. The summed E-state index contributed by atoms with van der Waals surface area (Å²) in [4.78, 5) is 144. The molecule has 0 aromatic carbocycles. The Hall–Kier alpha value is -7.81. The van der Waals surface area contributed by atoms with Gasteiger partial charge in [0.15, 0.2) is 12.6 Å². The first-order valence-corrected chi connectivity index (χ1v) is 48.4. The van der Waals surface area contributed by atoms with E-state index in [0.29, 0.717) is 31.3 Å². The number of aliphatic hydroxyl groups excluding tert-OH is 4. The molecule has 0 aromatic heterocycles. The highest BCUT2D eigenvalue weighted by Gasteiger charge is 2.54. The Kier molecular flexibility index (Phi) is 62.7. The van der Waals surface area contributed by atoms with E-state index < -0.39 is 199 Å². The Morgan fingerprint density at radius 3 is 1.18 bits per heavy atom. The minimum absolute atomic E-state index is 0. The van der Waals surface area contributed by atoms with Gasteiger partial charge in [-0.1, -0.05) is 128 Å². The molecule has 8 amide bonds. The number of quaternary nitrogens is 2. The van der Waals surface area contributed by atoms with E-state index in [2.05, 4.69) is 172 Å². The first-order valence-electron chi connectivity index (χ1n) is 45.4. The Balaban J connectivity index is 0.0000858. The van der Waals surface area contributed by atoms with Gasteiger partial charge >= 0.3 is 5.97 Å². The van der Waals surface area contributed by atoms with Gasteiger partial charge in [-0.2, -0.15) is 0 Å². The first-order chi connectivity index (χ1) is 61.1. The van der Waals surface area contributed by atoms with E-state index in [1.165, 1.54) is 70.1 Å². The summed E-state index contributed by atoms with van der Waals surface area (Å²) in [7, 11) is -12.1. The van der Waals surface area contributed by atoms with Gasteiger partial charge in [0.1, 0.15) is 85.0 Å². The monoisotopic (exact) mass is 1910 g/mol. The van der Waals surface area contributed by atoms with E-state index in [9.17, 15) is 87.6 Å². The van der Waals surface area contributed by atoms with Crippen LogP contribution in [-0.4, -0.2) is 203 Å². The maximum atomic E-state index is 14.1. The molecule has 0 spiro atoms. The number of aliphatic carboxylic acids is 1. The first kappa shape index (κ1) is 124. The van der Waals surface area contributed by atoms with Crippen LogP contribution in [0.3, 0.4) is 0 Å². The molecule has 0 aliphatic carbocycles. The molecule has 0 bridgehead atoms. The number of carbonyl (C=O) groups is 9. The number of carboxylic acid groups (broad SMARTS) is 1. The molecule has 36 nitrogen and oxygen atoms in total. The SMILES string of the molecule is CC(=O)N[C@H]1[C@H](O[C@H]2[C@H](O[C@H](C)C(=O)N[C@@H](C)C(=O)N[C@H](CCC(=O)N[C@@H](CCCCN)C(=O)N[C@H](C)C(=O)N[C@H](C)C(=O)O)C(N)=O)[C@@H](NC(C)=O)[C@@H](OP(=O)([O-])OP(=O)([O-])OC/C=C(/C)CC/C=C(/C)CC/C=C(/C)CC/C=C(/C)CC/C=C(/C)CC/C=C(/C)CC/C=C(/C)CC/C=C(\C)CC/C=C(\C)CC/C=C(\C)CCC=C(C)C)O[C@@H]2CO)O[C@H](CO)[C@@H](O)[C@@H]1O.[NH4+].[NH4+]. The number of carboxylic acids is 1. The number of amides is 8. The fourth-order valence-electron chi connectivity index (χ4n) is 14.0. The predicted octanol–water partition coefficient (Wildman–Crippen LogP) is 11.2. The van der Waals surface area contributed by atoms with Gasteiger partial charge < -0.3 is 120 Å². The van der Waals surface area contributed by atoms with E-state index in [1.807, 2.05) is 6.92 Å². The summed E-state index contributed by atoms with van der Waals surface area (Å²) in [6, 6.07) is -10.7. The molecule has 38 heteroatoms. The van der Waals surface area contributed by atoms with Gasteiger partial charge in [-0.25, -0.2) is 4.31 Å². The van der Waals surface area contributed by atoms with Crippen LogP contribution in [-0.2, 0) is 84.6 Å². The van der Waals surface area contributed by atoms with E-state index in [-0.39, 0.29) is 25.3 Å². The molecule has 18 atom stereocenters. The molecule has 754 valence electrons. The minimum Gasteiger partial charge on any atom is -0.756 e. The summed E-state index contributed by atoms with van der Waals surface area (Å²) in [5.41, 5.74) is 25.9. The predicted molar refractivity (Wildman–Crippen MR) is 508 cm³/mol. The highest BCUT2D eigenvalue weighted by molar-refractivity contribution is 7.59. The third kappa shape index (κ3) is 52.9. The van der Waals surface area contributed by atoms with Gasteiger partial charge in [-0.3, -0.25) is 56.8 Å². The van der Waals surface area contributed by atoms with Crippen molar-refractivity contribution in [2.75, 3.05) is 26.4 Å². The molecule has 0 saturated carbocycles. The molecule has 2 aliphatic heterocycles. The van der Waals surface area contributed by atoms with Crippen molar-refractivity contribution in [3.63, 3.8) is 0 Å². The second kappa shape index (κ2) is 66.6. The van der Waals surface area contributed by atoms with Gasteiger partial charge in [0.25, 0.3) is 15.6 Å². The van der Waals surface area contributed by atoms with Gasteiger partial charge in [-0.15, -0.1) is 0 Å². The van der Waals surface area contributed by atoms with Crippen molar-refractivity contribution in [1.82, 2.24) is 49.5 Å². The average molecular weight is 1910 g/mol. The number of rotatable bonds is 63. The number of hydrogen-bond donors (Lipinski definition) is 16. The fourth-order valence-corrected chi connectivity index (χ4v) is 16.1. The minimum atomic E-state index is -6.25. The lowest BCUT2D eigenvalue weighted by Gasteiger charge is -2.50. The second-order valence-electron chi connectivity index (χ2n) is 34.7. The maximum absolute atomic E-state index is 14.1. The van der Waals surface area contributed by atoms with Crippen molar-refractivity contribution >= 4 is 68.9 Å². The van der Waals surface area contributed by atoms with E-state index in [4.69, 9.17) is 39.5 Å². The van der Waals surface area contributed by atoms with Gasteiger partial charge in [0, 0.05) is 20.3 Å². The fraction of sp³-hybridized carbons (Fsp3) is 0.670. The van der Waals surface area contributed by atoms with Crippen LogP contribution in [0.25, 0.3) is 0 Å². The van der Waals surface area contributed by atoms with Crippen molar-refractivity contribution in [3.8, 4) is 0 Å². The summed E-state index contributed by atoms with van der Waals surface area (Å²) in [6.07, 6.45) is 26.9. The Morgan fingerprint density at radius 1 is 0.432 bits per heavy atom. The van der Waals surface area contributed by atoms with Gasteiger partial charge in [-0.05, 0) is 271 Å². The van der Waals surface area contributed by atoms with Crippen LogP contribution in [0.15, 0.2) is 128 Å². The number of ether oxygens (including phenoxy) is 4. The van der Waals surface area contributed by atoms with Crippen molar-refractivity contribution in [3.05, 3.63) is 128 Å². The number of phosphoric acid groups is 2. The third-order valence-corrected chi connectivity index (χ3v) is 24.6. The lowest BCUT2D eigenvalue weighted by molar-refractivity contribution is -0.336. The van der Waals surface area contributed by atoms with E-state index >= 15 is 0 Å². The molecule has 2 aliphatic rings. The lowest BCUT2D eigenvalue weighted by atomic mass is 9.94. The quantitative estimate of drug-likeness (QED) is 0.0153. The summed E-state index contributed by atoms with van der Waals surface area (Å²) < 4.78 is 65.5.